The topological polar surface area (TPSA) is 76.1 Å². The van der Waals surface area contributed by atoms with Gasteiger partial charge in [-0.3, -0.25) is 4.90 Å². The third kappa shape index (κ3) is 2.33. The summed E-state index contributed by atoms with van der Waals surface area (Å²) in [6.07, 6.45) is 2.16. The lowest BCUT2D eigenvalue weighted by atomic mass is 9.86. The van der Waals surface area contributed by atoms with E-state index in [4.69, 9.17) is 9.47 Å². The van der Waals surface area contributed by atoms with E-state index in [9.17, 15) is 14.7 Å². The Morgan fingerprint density at radius 2 is 2.28 bits per heavy atom. The minimum atomic E-state index is -0.995. The van der Waals surface area contributed by atoms with Crippen LogP contribution in [0, 0.1) is 5.92 Å². The van der Waals surface area contributed by atoms with Crippen molar-refractivity contribution in [1.29, 1.82) is 0 Å². The molecule has 1 amide bonds. The number of hydrogen-bond donors (Lipinski definition) is 1. The molecule has 100 valence electrons. The smallest absolute Gasteiger partial charge is 0.410 e. The lowest BCUT2D eigenvalue weighted by molar-refractivity contribution is -0.148. The molecule has 2 aliphatic rings. The molecular weight excluding hydrogens is 238 g/mol. The van der Waals surface area contributed by atoms with Crippen LogP contribution in [0.15, 0.2) is 12.7 Å². The Kier molecular flexibility index (Phi) is 3.86. The molecule has 6 nitrogen and oxygen atoms in total. The van der Waals surface area contributed by atoms with Gasteiger partial charge in [-0.1, -0.05) is 12.7 Å². The normalized spacial score (nSPS) is 30.7. The van der Waals surface area contributed by atoms with Crippen molar-refractivity contribution >= 4 is 12.1 Å². The van der Waals surface area contributed by atoms with Crippen LogP contribution < -0.4 is 0 Å². The summed E-state index contributed by atoms with van der Waals surface area (Å²) in [4.78, 5) is 24.5. The fourth-order valence-electron chi connectivity index (χ4n) is 2.69. The highest BCUT2D eigenvalue weighted by Gasteiger charge is 2.47. The highest BCUT2D eigenvalue weighted by Crippen LogP contribution is 2.34. The Labute approximate surface area is 105 Å². The monoisotopic (exact) mass is 255 g/mol. The molecule has 6 heteroatoms. The van der Waals surface area contributed by atoms with Crippen LogP contribution in [-0.4, -0.2) is 54.0 Å². The Balaban J connectivity index is 2.10. The molecule has 2 heterocycles. The van der Waals surface area contributed by atoms with Gasteiger partial charge in [-0.25, -0.2) is 9.59 Å². The first-order chi connectivity index (χ1) is 8.65. The van der Waals surface area contributed by atoms with Gasteiger partial charge in [0.05, 0.1) is 6.10 Å². The number of ether oxygens (including phenoxy) is 2. The zero-order valence-electron chi connectivity index (χ0n) is 10.1. The summed E-state index contributed by atoms with van der Waals surface area (Å²) >= 11 is 0. The van der Waals surface area contributed by atoms with Crippen molar-refractivity contribution in [3.05, 3.63) is 12.7 Å². The number of nitrogens with zero attached hydrogens (tertiary/aromatic N) is 1. The van der Waals surface area contributed by atoms with Crippen molar-refractivity contribution in [3.63, 3.8) is 0 Å². The van der Waals surface area contributed by atoms with E-state index in [1.807, 2.05) is 0 Å². The van der Waals surface area contributed by atoms with E-state index in [-0.39, 0.29) is 18.6 Å². The van der Waals surface area contributed by atoms with Gasteiger partial charge in [-0.15, -0.1) is 0 Å². The van der Waals surface area contributed by atoms with E-state index in [0.29, 0.717) is 26.0 Å². The Morgan fingerprint density at radius 3 is 2.94 bits per heavy atom. The van der Waals surface area contributed by atoms with Gasteiger partial charge >= 0.3 is 12.1 Å². The number of piperidine rings is 1. The van der Waals surface area contributed by atoms with Crippen LogP contribution in [0.3, 0.4) is 0 Å². The fourth-order valence-corrected chi connectivity index (χ4v) is 2.69. The lowest BCUT2D eigenvalue weighted by Crippen LogP contribution is -2.56. The fraction of sp³-hybridized carbons (Fsp3) is 0.667. The van der Waals surface area contributed by atoms with Gasteiger partial charge in [0.2, 0.25) is 0 Å². The molecule has 1 unspecified atom stereocenters. The van der Waals surface area contributed by atoms with E-state index >= 15 is 0 Å². The maximum Gasteiger partial charge on any atom is 0.410 e. The van der Waals surface area contributed by atoms with Gasteiger partial charge < -0.3 is 14.6 Å². The van der Waals surface area contributed by atoms with Crippen LogP contribution >= 0.6 is 0 Å². The Bertz CT molecular complexity index is 356. The number of carboxylic acids is 1. The first-order valence-electron chi connectivity index (χ1n) is 6.04. The molecule has 0 saturated carbocycles. The third-order valence-corrected chi connectivity index (χ3v) is 3.47. The van der Waals surface area contributed by atoms with E-state index in [0.717, 1.165) is 0 Å². The molecule has 0 radical (unpaired) electrons. The number of hydrogen-bond acceptors (Lipinski definition) is 4. The van der Waals surface area contributed by atoms with Crippen molar-refractivity contribution in [2.24, 2.45) is 5.92 Å². The van der Waals surface area contributed by atoms with Crippen LogP contribution in [0.4, 0.5) is 4.79 Å². The minimum Gasteiger partial charge on any atom is -0.480 e. The molecule has 0 aliphatic carbocycles. The summed E-state index contributed by atoms with van der Waals surface area (Å²) in [5.74, 6) is -1.13. The average Bonchev–Trinajstić information content (AvgIpc) is 2.82. The zero-order valence-corrected chi connectivity index (χ0v) is 10.1. The second-order valence-corrected chi connectivity index (χ2v) is 4.49. The molecule has 0 bridgehead atoms. The molecule has 0 aromatic heterocycles. The summed E-state index contributed by atoms with van der Waals surface area (Å²) in [5, 5.41) is 9.30. The summed E-state index contributed by atoms with van der Waals surface area (Å²) in [6, 6.07) is -0.844. The summed E-state index contributed by atoms with van der Waals surface area (Å²) < 4.78 is 10.4. The molecule has 1 N–H and O–H groups in total. The molecule has 3 atom stereocenters. The van der Waals surface area contributed by atoms with E-state index in [1.165, 1.54) is 11.0 Å². The number of likely N-dealkylation sites (tertiary alicyclic amines) is 1. The summed E-state index contributed by atoms with van der Waals surface area (Å²) in [6.45, 7) is 4.46. The van der Waals surface area contributed by atoms with Gasteiger partial charge in [0.1, 0.15) is 12.6 Å². The van der Waals surface area contributed by atoms with Crippen molar-refractivity contribution in [2.75, 3.05) is 19.8 Å². The molecule has 2 fully saturated rings. The predicted octanol–water partition coefficient (Wildman–Crippen LogP) is 0.873. The summed E-state index contributed by atoms with van der Waals surface area (Å²) in [7, 11) is 0. The van der Waals surface area contributed by atoms with Crippen LogP contribution in [0.5, 0.6) is 0 Å². The van der Waals surface area contributed by atoms with Crippen LogP contribution in [0.1, 0.15) is 12.8 Å². The first kappa shape index (κ1) is 12.9. The van der Waals surface area contributed by atoms with Crippen LogP contribution in [0.2, 0.25) is 0 Å². The molecule has 2 aliphatic heterocycles. The molecule has 2 saturated heterocycles. The van der Waals surface area contributed by atoms with Gasteiger partial charge in [0.15, 0.2) is 0 Å². The predicted molar refractivity (Wildman–Crippen MR) is 62.1 cm³/mol. The van der Waals surface area contributed by atoms with Gasteiger partial charge in [-0.2, -0.15) is 0 Å². The van der Waals surface area contributed by atoms with Crippen molar-refractivity contribution in [1.82, 2.24) is 4.90 Å². The molecule has 0 aromatic carbocycles. The maximum atomic E-state index is 11.8. The molecule has 18 heavy (non-hydrogen) atoms. The molecule has 0 spiro atoms. The van der Waals surface area contributed by atoms with E-state index in [1.54, 1.807) is 0 Å². The molecular formula is C12H17NO5. The number of carbonyl (C=O) groups is 2. The van der Waals surface area contributed by atoms with Crippen molar-refractivity contribution < 1.29 is 24.2 Å². The van der Waals surface area contributed by atoms with Gasteiger partial charge in [-0.05, 0) is 12.8 Å². The van der Waals surface area contributed by atoms with Crippen molar-refractivity contribution in [2.45, 2.75) is 25.0 Å². The number of amides is 1. The van der Waals surface area contributed by atoms with E-state index < -0.39 is 18.1 Å². The quantitative estimate of drug-likeness (QED) is 0.757. The second-order valence-electron chi connectivity index (χ2n) is 4.49. The largest absolute Gasteiger partial charge is 0.480 e. The summed E-state index contributed by atoms with van der Waals surface area (Å²) in [5.41, 5.74) is 0. The third-order valence-electron chi connectivity index (χ3n) is 3.47. The average molecular weight is 255 g/mol. The molecule has 2 rings (SSSR count). The van der Waals surface area contributed by atoms with Gasteiger partial charge in [0, 0.05) is 19.1 Å². The minimum absolute atomic E-state index is 0.0467. The van der Waals surface area contributed by atoms with Gasteiger partial charge in [0.25, 0.3) is 0 Å². The Morgan fingerprint density at radius 1 is 1.50 bits per heavy atom. The second kappa shape index (κ2) is 5.39. The number of fused-ring (bicyclic) bond motifs is 1. The van der Waals surface area contributed by atoms with E-state index in [2.05, 4.69) is 6.58 Å². The lowest BCUT2D eigenvalue weighted by Gasteiger charge is -2.38. The Hall–Kier alpha value is -1.56. The van der Waals surface area contributed by atoms with Crippen molar-refractivity contribution in [3.8, 4) is 0 Å². The number of carboxylic acid groups (broad SMARTS) is 1. The van der Waals surface area contributed by atoms with Crippen LogP contribution in [0.25, 0.3) is 0 Å². The highest BCUT2D eigenvalue weighted by atomic mass is 16.6. The number of rotatable bonds is 3. The maximum absolute atomic E-state index is 11.8. The molecule has 0 aromatic rings. The first-order valence-corrected chi connectivity index (χ1v) is 6.04. The highest BCUT2D eigenvalue weighted by molar-refractivity contribution is 5.80. The number of aliphatic carboxylic acids is 1. The number of carbonyl (C=O) groups excluding carboxylic acids is 1. The SMILES string of the molecule is C=CCOC(=O)N1CC[C@H]2OCC[C@H]2C1C(=O)O. The standard InChI is InChI=1S/C12H17NO5/c1-2-6-18-12(16)13-5-3-9-8(4-7-17-9)10(13)11(14)15/h2,8-10H,1,3-7H2,(H,14,15)/t8-,9-,10?/m1/s1. The zero-order chi connectivity index (χ0) is 13.1. The van der Waals surface area contributed by atoms with Crippen LogP contribution in [-0.2, 0) is 14.3 Å².